The smallest absolute Gasteiger partial charge is 0.0468 e. The highest BCUT2D eigenvalue weighted by atomic mass is 32.1. The van der Waals surface area contributed by atoms with Crippen molar-refractivity contribution in [2.24, 2.45) is 17.8 Å². The molecule has 3 heteroatoms. The van der Waals surface area contributed by atoms with E-state index in [4.69, 9.17) is 0 Å². The van der Waals surface area contributed by atoms with Crippen molar-refractivity contribution in [3.8, 4) is 11.1 Å². The second kappa shape index (κ2) is 12.7. The second-order valence-corrected chi connectivity index (χ2v) is 17.0. The van der Waals surface area contributed by atoms with Crippen LogP contribution in [0.1, 0.15) is 37.7 Å². The van der Waals surface area contributed by atoms with E-state index in [1.165, 1.54) is 80.5 Å². The number of anilines is 6. The summed E-state index contributed by atoms with van der Waals surface area (Å²) < 4.78 is 2.60. The predicted molar refractivity (Wildman–Crippen MR) is 229 cm³/mol. The van der Waals surface area contributed by atoms with Gasteiger partial charge in [0, 0.05) is 54.3 Å². The quantitative estimate of drug-likeness (QED) is 0.155. The Morgan fingerprint density at radius 2 is 0.833 bits per heavy atom. The maximum atomic E-state index is 2.48. The van der Waals surface area contributed by atoms with Crippen molar-refractivity contribution in [1.82, 2.24) is 0 Å². The first-order valence-corrected chi connectivity index (χ1v) is 20.4. The van der Waals surface area contributed by atoms with E-state index in [1.54, 1.807) is 5.56 Å². The third kappa shape index (κ3) is 5.28. The van der Waals surface area contributed by atoms with Gasteiger partial charge in [0.15, 0.2) is 0 Å². The summed E-state index contributed by atoms with van der Waals surface area (Å²) in [6, 6.07) is 65.0. The van der Waals surface area contributed by atoms with E-state index in [-0.39, 0.29) is 0 Å². The third-order valence-electron chi connectivity index (χ3n) is 12.9. The van der Waals surface area contributed by atoms with Crippen LogP contribution in [0.4, 0.5) is 34.1 Å². The van der Waals surface area contributed by atoms with E-state index in [9.17, 15) is 0 Å². The molecule has 1 aromatic heterocycles. The fourth-order valence-electron chi connectivity index (χ4n) is 10.7. The Morgan fingerprint density at radius 1 is 0.407 bits per heavy atom. The van der Waals surface area contributed by atoms with Crippen LogP contribution in [0.3, 0.4) is 0 Å². The number of thiophene rings is 1. The summed E-state index contributed by atoms with van der Waals surface area (Å²) in [4.78, 5) is 4.82. The number of hydrogen-bond acceptors (Lipinski definition) is 3. The molecule has 54 heavy (non-hydrogen) atoms. The molecule has 2 nitrogen and oxygen atoms in total. The first kappa shape index (κ1) is 31.8. The molecule has 2 unspecified atom stereocenters. The standard InChI is InChI=1S/C51H42N2S/c1-4-10-37(11-5-1)38-16-20-43(21-17-38)53(44-22-18-39(19-23-44)51-33-35-28-36(34-51)30-40(51)29-35)46-25-27-50-48(32-46)47-31-45(24-26-49(47)54-50)52(41-12-6-2-7-13-41)42-14-8-3-9-15-42/h1-27,31-32,35-36,40H,28-30,33-34H2. The Labute approximate surface area is 322 Å². The zero-order valence-electron chi connectivity index (χ0n) is 30.3. The summed E-state index contributed by atoms with van der Waals surface area (Å²) in [5.41, 5.74) is 11.5. The molecule has 4 aliphatic rings. The number of para-hydroxylation sites is 2. The van der Waals surface area contributed by atoms with Crippen molar-refractivity contribution < 1.29 is 0 Å². The Balaban J connectivity index is 1.03. The fourth-order valence-corrected chi connectivity index (χ4v) is 11.8. The summed E-state index contributed by atoms with van der Waals surface area (Å²) >= 11 is 1.88. The molecule has 262 valence electrons. The van der Waals surface area contributed by atoms with E-state index >= 15 is 0 Å². The number of fused-ring (bicyclic) bond motifs is 3. The van der Waals surface area contributed by atoms with Gasteiger partial charge in [-0.15, -0.1) is 11.3 Å². The lowest BCUT2D eigenvalue weighted by atomic mass is 9.71. The Hall–Kier alpha value is -5.64. The maximum absolute atomic E-state index is 2.48. The van der Waals surface area contributed by atoms with Gasteiger partial charge in [-0.2, -0.15) is 0 Å². The van der Waals surface area contributed by atoms with E-state index in [0.717, 1.165) is 34.8 Å². The molecule has 8 aromatic rings. The first-order chi connectivity index (χ1) is 26.7. The zero-order chi connectivity index (χ0) is 35.6. The average molecular weight is 715 g/mol. The maximum Gasteiger partial charge on any atom is 0.0468 e. The van der Waals surface area contributed by atoms with Crippen LogP contribution in [0.2, 0.25) is 0 Å². The van der Waals surface area contributed by atoms with Gasteiger partial charge in [-0.3, -0.25) is 0 Å². The van der Waals surface area contributed by atoms with Crippen molar-refractivity contribution in [2.45, 2.75) is 37.5 Å². The normalized spacial score (nSPS) is 21.2. The van der Waals surface area contributed by atoms with E-state index in [0.29, 0.717) is 5.41 Å². The van der Waals surface area contributed by atoms with Crippen molar-refractivity contribution in [1.29, 1.82) is 0 Å². The van der Waals surface area contributed by atoms with Crippen molar-refractivity contribution >= 4 is 65.6 Å². The highest BCUT2D eigenvalue weighted by Gasteiger charge is 2.58. The average Bonchev–Trinajstić information content (AvgIpc) is 3.81. The van der Waals surface area contributed by atoms with E-state index < -0.39 is 0 Å². The van der Waals surface area contributed by atoms with Crippen LogP contribution < -0.4 is 9.80 Å². The number of hydrogen-bond donors (Lipinski definition) is 0. The van der Waals surface area contributed by atoms with Crippen LogP contribution in [-0.4, -0.2) is 0 Å². The van der Waals surface area contributed by atoms with Gasteiger partial charge in [0.1, 0.15) is 0 Å². The molecule has 0 aliphatic heterocycles. The number of rotatable bonds is 8. The van der Waals surface area contributed by atoms with Gasteiger partial charge < -0.3 is 9.80 Å². The molecule has 0 spiro atoms. The topological polar surface area (TPSA) is 6.48 Å². The third-order valence-corrected chi connectivity index (χ3v) is 14.1. The molecule has 12 rings (SSSR count). The molecule has 4 saturated carbocycles. The molecule has 4 fully saturated rings. The summed E-state index contributed by atoms with van der Waals surface area (Å²) in [5.74, 6) is 2.77. The van der Waals surface area contributed by atoms with Crippen LogP contribution >= 0.6 is 11.3 Å². The van der Waals surface area contributed by atoms with Gasteiger partial charge in [0.25, 0.3) is 0 Å². The largest absolute Gasteiger partial charge is 0.310 e. The number of nitrogens with zero attached hydrogens (tertiary/aromatic N) is 2. The van der Waals surface area contributed by atoms with Gasteiger partial charge in [-0.05, 0) is 157 Å². The molecular weight excluding hydrogens is 673 g/mol. The lowest BCUT2D eigenvalue weighted by Gasteiger charge is -2.34. The highest BCUT2D eigenvalue weighted by molar-refractivity contribution is 7.25. The minimum absolute atomic E-state index is 0.411. The van der Waals surface area contributed by atoms with Gasteiger partial charge in [-0.1, -0.05) is 91.0 Å². The molecule has 0 N–H and O–H groups in total. The molecule has 0 radical (unpaired) electrons. The molecule has 4 bridgehead atoms. The summed E-state index contributed by atoms with van der Waals surface area (Å²) in [6.45, 7) is 0. The number of benzene rings is 7. The molecule has 2 atom stereocenters. The van der Waals surface area contributed by atoms with Gasteiger partial charge in [0.2, 0.25) is 0 Å². The summed E-state index contributed by atoms with van der Waals surface area (Å²) in [7, 11) is 0. The molecule has 0 saturated heterocycles. The molecule has 4 aliphatic carbocycles. The van der Waals surface area contributed by atoms with Crippen LogP contribution in [0.5, 0.6) is 0 Å². The molecule has 7 aromatic carbocycles. The highest BCUT2D eigenvalue weighted by Crippen LogP contribution is 2.66. The van der Waals surface area contributed by atoms with Crippen LogP contribution in [0.15, 0.2) is 176 Å². The van der Waals surface area contributed by atoms with Crippen LogP contribution in [0, 0.1) is 17.8 Å². The van der Waals surface area contributed by atoms with Crippen molar-refractivity contribution in [2.75, 3.05) is 9.80 Å². The van der Waals surface area contributed by atoms with E-state index in [2.05, 4.69) is 186 Å². The molecule has 1 heterocycles. The Bertz CT molecular complexity index is 2540. The van der Waals surface area contributed by atoms with Gasteiger partial charge in [-0.25, -0.2) is 0 Å². The Morgan fingerprint density at radius 3 is 1.35 bits per heavy atom. The predicted octanol–water partition coefficient (Wildman–Crippen LogP) is 14.7. The first-order valence-electron chi connectivity index (χ1n) is 19.6. The monoisotopic (exact) mass is 714 g/mol. The molecular formula is C51H42N2S. The minimum atomic E-state index is 0.411. The second-order valence-electron chi connectivity index (χ2n) is 16.0. The lowest BCUT2D eigenvalue weighted by Crippen LogP contribution is -2.27. The zero-order valence-corrected chi connectivity index (χ0v) is 31.1. The SMILES string of the molecule is c1ccc(-c2ccc(N(c3ccc(C45CC6CC(CC4C6)C5)cc3)c3ccc4sc5ccc(N(c6ccccc6)c6ccccc6)cc5c4c3)cc2)cc1. The van der Waals surface area contributed by atoms with Crippen molar-refractivity contribution in [3.05, 3.63) is 181 Å². The van der Waals surface area contributed by atoms with Gasteiger partial charge in [0.05, 0.1) is 0 Å². The fraction of sp³-hybridized carbons (Fsp3) is 0.176. The lowest BCUT2D eigenvalue weighted by molar-refractivity contribution is 0.266. The Kier molecular flexibility index (Phi) is 7.52. The summed E-state index contributed by atoms with van der Waals surface area (Å²) in [5, 5.41) is 2.57. The van der Waals surface area contributed by atoms with Gasteiger partial charge >= 0.3 is 0 Å². The molecule has 0 amide bonds. The summed E-state index contributed by atoms with van der Waals surface area (Å²) in [6.07, 6.45) is 7.16. The van der Waals surface area contributed by atoms with Crippen LogP contribution in [-0.2, 0) is 5.41 Å². The van der Waals surface area contributed by atoms with E-state index in [1.807, 2.05) is 11.3 Å². The van der Waals surface area contributed by atoms with Crippen LogP contribution in [0.25, 0.3) is 31.3 Å². The van der Waals surface area contributed by atoms with Crippen molar-refractivity contribution in [3.63, 3.8) is 0 Å². The minimum Gasteiger partial charge on any atom is -0.310 e.